The van der Waals surface area contributed by atoms with Crippen LogP contribution in [-0.4, -0.2) is 31.8 Å². The van der Waals surface area contributed by atoms with Crippen molar-refractivity contribution in [1.29, 1.82) is 0 Å². The summed E-state index contributed by atoms with van der Waals surface area (Å²) in [5, 5.41) is 0. The van der Waals surface area contributed by atoms with Crippen LogP contribution in [0.1, 0.15) is 39.5 Å². The summed E-state index contributed by atoms with van der Waals surface area (Å²) < 4.78 is 10.1. The van der Waals surface area contributed by atoms with Crippen molar-refractivity contribution in [2.75, 3.05) is 19.8 Å². The van der Waals surface area contributed by atoms with Crippen LogP contribution in [0.4, 0.5) is 0 Å². The smallest absolute Gasteiger partial charge is 0.322 e. The second kappa shape index (κ2) is 9.93. The van der Waals surface area contributed by atoms with Crippen LogP contribution in [0.5, 0.6) is 0 Å². The van der Waals surface area contributed by atoms with Gasteiger partial charge in [-0.05, 0) is 13.3 Å². The zero-order chi connectivity index (χ0) is 11.5. The quantitative estimate of drug-likeness (QED) is 0.469. The first-order valence-electron chi connectivity index (χ1n) is 5.68. The predicted octanol–water partition coefficient (Wildman–Crippen LogP) is 1.47. The molecule has 0 heterocycles. The summed E-state index contributed by atoms with van der Waals surface area (Å²) in [6.07, 6.45) is 4.76. The third kappa shape index (κ3) is 9.69. The maximum absolute atomic E-state index is 10.9. The van der Waals surface area contributed by atoms with Gasteiger partial charge in [0.2, 0.25) is 0 Å². The van der Waals surface area contributed by atoms with E-state index in [4.69, 9.17) is 15.2 Å². The molecule has 0 aromatic rings. The molecular formula is C11H23NO3. The summed E-state index contributed by atoms with van der Waals surface area (Å²) in [7, 11) is 0. The molecule has 0 aromatic heterocycles. The van der Waals surface area contributed by atoms with Gasteiger partial charge in [-0.1, -0.05) is 26.2 Å². The van der Waals surface area contributed by atoms with Crippen molar-refractivity contribution < 1.29 is 14.3 Å². The molecule has 0 aliphatic carbocycles. The van der Waals surface area contributed by atoms with E-state index in [1.54, 1.807) is 6.92 Å². The Balaban J connectivity index is 3.08. The van der Waals surface area contributed by atoms with E-state index in [0.717, 1.165) is 13.0 Å². The van der Waals surface area contributed by atoms with Crippen molar-refractivity contribution in [3.05, 3.63) is 0 Å². The zero-order valence-electron chi connectivity index (χ0n) is 9.83. The van der Waals surface area contributed by atoms with Gasteiger partial charge >= 0.3 is 5.97 Å². The first-order chi connectivity index (χ1) is 7.18. The lowest BCUT2D eigenvalue weighted by molar-refractivity contribution is -0.146. The minimum Gasteiger partial charge on any atom is -0.462 e. The summed E-state index contributed by atoms with van der Waals surface area (Å²) in [5.74, 6) is -0.371. The van der Waals surface area contributed by atoms with Gasteiger partial charge in [-0.2, -0.15) is 0 Å². The molecule has 0 rings (SSSR count). The average Bonchev–Trinajstić information content (AvgIpc) is 2.21. The van der Waals surface area contributed by atoms with Gasteiger partial charge in [0, 0.05) is 6.61 Å². The topological polar surface area (TPSA) is 61.5 Å². The van der Waals surface area contributed by atoms with E-state index in [9.17, 15) is 4.79 Å². The largest absolute Gasteiger partial charge is 0.462 e. The molecule has 4 nitrogen and oxygen atoms in total. The van der Waals surface area contributed by atoms with Gasteiger partial charge < -0.3 is 15.2 Å². The van der Waals surface area contributed by atoms with E-state index in [-0.39, 0.29) is 5.97 Å². The molecule has 0 saturated carbocycles. The Morgan fingerprint density at radius 2 is 1.93 bits per heavy atom. The van der Waals surface area contributed by atoms with E-state index in [1.165, 1.54) is 19.3 Å². The first-order valence-corrected chi connectivity index (χ1v) is 5.68. The van der Waals surface area contributed by atoms with Crippen LogP contribution in [0.3, 0.4) is 0 Å². The normalized spacial score (nSPS) is 12.5. The molecule has 1 atom stereocenters. The highest BCUT2D eigenvalue weighted by molar-refractivity contribution is 5.74. The molecule has 90 valence electrons. The van der Waals surface area contributed by atoms with Gasteiger partial charge in [0.15, 0.2) is 0 Å². The monoisotopic (exact) mass is 217 g/mol. The summed E-state index contributed by atoms with van der Waals surface area (Å²) >= 11 is 0. The van der Waals surface area contributed by atoms with Gasteiger partial charge in [0.25, 0.3) is 0 Å². The molecule has 0 radical (unpaired) electrons. The lowest BCUT2D eigenvalue weighted by Crippen LogP contribution is -2.29. The molecule has 0 aliphatic heterocycles. The highest BCUT2D eigenvalue weighted by Gasteiger charge is 2.07. The van der Waals surface area contributed by atoms with Crippen molar-refractivity contribution >= 4 is 5.97 Å². The Labute approximate surface area is 92.1 Å². The maximum atomic E-state index is 10.9. The molecule has 0 amide bonds. The third-order valence-corrected chi connectivity index (χ3v) is 1.99. The molecule has 0 fully saturated rings. The van der Waals surface area contributed by atoms with Crippen molar-refractivity contribution in [3.63, 3.8) is 0 Å². The minimum atomic E-state index is -0.547. The number of ether oxygens (including phenoxy) is 2. The molecule has 0 bridgehead atoms. The second-order valence-corrected chi connectivity index (χ2v) is 3.63. The summed E-state index contributed by atoms with van der Waals surface area (Å²) in [6, 6.07) is -0.547. The van der Waals surface area contributed by atoms with Crippen LogP contribution in [0.15, 0.2) is 0 Å². The van der Waals surface area contributed by atoms with Crippen molar-refractivity contribution in [3.8, 4) is 0 Å². The molecular weight excluding hydrogens is 194 g/mol. The van der Waals surface area contributed by atoms with E-state index in [2.05, 4.69) is 6.92 Å². The Bertz CT molecular complexity index is 160. The number of hydrogen-bond acceptors (Lipinski definition) is 4. The lowest BCUT2D eigenvalue weighted by Gasteiger charge is -2.07. The number of carbonyl (C=O) groups is 1. The standard InChI is InChI=1S/C11H23NO3/c1-3-4-5-6-7-14-8-9-15-11(13)10(2)12/h10H,3-9,12H2,1-2H3. The van der Waals surface area contributed by atoms with Crippen LogP contribution >= 0.6 is 0 Å². The van der Waals surface area contributed by atoms with Crippen LogP contribution < -0.4 is 5.73 Å². The number of nitrogens with two attached hydrogens (primary N) is 1. The molecule has 2 N–H and O–H groups in total. The van der Waals surface area contributed by atoms with Gasteiger partial charge in [0.05, 0.1) is 6.61 Å². The number of esters is 1. The lowest BCUT2D eigenvalue weighted by atomic mass is 10.2. The highest BCUT2D eigenvalue weighted by Crippen LogP contribution is 1.98. The van der Waals surface area contributed by atoms with Crippen LogP contribution in [-0.2, 0) is 14.3 Å². The van der Waals surface area contributed by atoms with E-state index in [1.807, 2.05) is 0 Å². The Morgan fingerprint density at radius 1 is 1.20 bits per heavy atom. The molecule has 0 saturated heterocycles. The van der Waals surface area contributed by atoms with Crippen molar-refractivity contribution in [2.45, 2.75) is 45.6 Å². The van der Waals surface area contributed by atoms with E-state index in [0.29, 0.717) is 13.2 Å². The summed E-state index contributed by atoms with van der Waals surface area (Å²) in [4.78, 5) is 10.9. The Morgan fingerprint density at radius 3 is 2.53 bits per heavy atom. The number of hydrogen-bond donors (Lipinski definition) is 1. The third-order valence-electron chi connectivity index (χ3n) is 1.99. The molecule has 15 heavy (non-hydrogen) atoms. The number of unbranched alkanes of at least 4 members (excludes halogenated alkanes) is 3. The van der Waals surface area contributed by atoms with Crippen LogP contribution in [0.25, 0.3) is 0 Å². The van der Waals surface area contributed by atoms with Crippen LogP contribution in [0.2, 0.25) is 0 Å². The first kappa shape index (κ1) is 14.4. The highest BCUT2D eigenvalue weighted by atomic mass is 16.6. The molecule has 1 unspecified atom stereocenters. The number of carbonyl (C=O) groups excluding carboxylic acids is 1. The van der Waals surface area contributed by atoms with Gasteiger partial charge in [-0.15, -0.1) is 0 Å². The molecule has 0 aromatic carbocycles. The molecule has 4 heteroatoms. The van der Waals surface area contributed by atoms with Crippen molar-refractivity contribution in [2.24, 2.45) is 5.73 Å². The Kier molecular flexibility index (Phi) is 9.52. The maximum Gasteiger partial charge on any atom is 0.322 e. The molecule has 0 aliphatic rings. The average molecular weight is 217 g/mol. The second-order valence-electron chi connectivity index (χ2n) is 3.63. The van der Waals surface area contributed by atoms with Gasteiger partial charge in [-0.25, -0.2) is 0 Å². The number of rotatable bonds is 9. The predicted molar refractivity (Wildman–Crippen MR) is 59.6 cm³/mol. The summed E-state index contributed by atoms with van der Waals surface area (Å²) in [5.41, 5.74) is 5.32. The fraction of sp³-hybridized carbons (Fsp3) is 0.909. The van der Waals surface area contributed by atoms with E-state index < -0.39 is 6.04 Å². The molecule has 0 spiro atoms. The van der Waals surface area contributed by atoms with Crippen molar-refractivity contribution in [1.82, 2.24) is 0 Å². The Hall–Kier alpha value is -0.610. The fourth-order valence-corrected chi connectivity index (χ4v) is 1.07. The van der Waals surface area contributed by atoms with E-state index >= 15 is 0 Å². The SMILES string of the molecule is CCCCCCOCCOC(=O)C(C)N. The fourth-order valence-electron chi connectivity index (χ4n) is 1.07. The van der Waals surface area contributed by atoms with Gasteiger partial charge in [-0.3, -0.25) is 4.79 Å². The zero-order valence-corrected chi connectivity index (χ0v) is 9.83. The van der Waals surface area contributed by atoms with Crippen LogP contribution in [0, 0.1) is 0 Å². The summed E-state index contributed by atoms with van der Waals surface area (Å²) in [6.45, 7) is 5.29. The minimum absolute atomic E-state index is 0.300. The van der Waals surface area contributed by atoms with Gasteiger partial charge in [0.1, 0.15) is 12.6 Å².